The summed E-state index contributed by atoms with van der Waals surface area (Å²) in [6.07, 6.45) is 0.915. The predicted octanol–water partition coefficient (Wildman–Crippen LogP) is 4.33. The van der Waals surface area contributed by atoms with Crippen LogP contribution in [0, 0.1) is 11.6 Å². The van der Waals surface area contributed by atoms with Crippen molar-refractivity contribution < 1.29 is 8.78 Å². The van der Waals surface area contributed by atoms with Gasteiger partial charge >= 0.3 is 0 Å². The first-order chi connectivity index (χ1) is 7.59. The molecule has 1 aromatic carbocycles. The Morgan fingerprint density at radius 2 is 1.69 bits per heavy atom. The van der Waals surface area contributed by atoms with Gasteiger partial charge in [0.25, 0.3) is 0 Å². The summed E-state index contributed by atoms with van der Waals surface area (Å²) in [4.78, 5) is 3.65. The van der Waals surface area contributed by atoms with Gasteiger partial charge in [0.15, 0.2) is 5.82 Å². The number of halogens is 4. The first kappa shape index (κ1) is 11.3. The first-order valence-corrected chi connectivity index (χ1v) is 5.10. The van der Waals surface area contributed by atoms with Crippen LogP contribution in [-0.4, -0.2) is 4.98 Å². The molecule has 2 rings (SSSR count). The molecule has 0 saturated heterocycles. The predicted molar refractivity (Wildman–Crippen MR) is 59.6 cm³/mol. The van der Waals surface area contributed by atoms with Crippen LogP contribution in [0.25, 0.3) is 11.3 Å². The summed E-state index contributed by atoms with van der Waals surface area (Å²) in [5, 5.41) is 0.538. The van der Waals surface area contributed by atoms with E-state index in [-0.39, 0.29) is 21.3 Å². The number of pyridine rings is 1. The van der Waals surface area contributed by atoms with Crippen molar-refractivity contribution >= 4 is 23.2 Å². The highest BCUT2D eigenvalue weighted by Gasteiger charge is 2.14. The maximum Gasteiger partial charge on any atom is 0.152 e. The van der Waals surface area contributed by atoms with Crippen molar-refractivity contribution in [3.63, 3.8) is 0 Å². The fourth-order valence-electron chi connectivity index (χ4n) is 1.32. The monoisotopic (exact) mass is 259 g/mol. The number of nitrogens with zero attached hydrogens (tertiary/aromatic N) is 1. The van der Waals surface area contributed by atoms with Gasteiger partial charge in [-0.1, -0.05) is 29.3 Å². The van der Waals surface area contributed by atoms with E-state index in [1.54, 1.807) is 18.2 Å². The van der Waals surface area contributed by atoms with Gasteiger partial charge in [-0.15, -0.1) is 0 Å². The maximum absolute atomic E-state index is 13.5. The number of hydrogen-bond acceptors (Lipinski definition) is 1. The second kappa shape index (κ2) is 4.36. The van der Waals surface area contributed by atoms with E-state index in [9.17, 15) is 8.78 Å². The molecule has 0 atom stereocenters. The van der Waals surface area contributed by atoms with Crippen LogP contribution in [0.3, 0.4) is 0 Å². The number of benzene rings is 1. The van der Waals surface area contributed by atoms with Crippen LogP contribution in [0.2, 0.25) is 10.0 Å². The van der Waals surface area contributed by atoms with E-state index in [2.05, 4.69) is 4.98 Å². The Bertz CT molecular complexity index is 523. The van der Waals surface area contributed by atoms with Gasteiger partial charge in [0.05, 0.1) is 16.2 Å². The molecule has 0 aliphatic carbocycles. The van der Waals surface area contributed by atoms with E-state index < -0.39 is 11.6 Å². The molecule has 0 bridgehead atoms. The Balaban J connectivity index is 2.68. The second-order valence-corrected chi connectivity index (χ2v) is 3.90. The summed E-state index contributed by atoms with van der Waals surface area (Å²) in [6, 6.07) is 5.50. The molecule has 0 spiro atoms. The summed E-state index contributed by atoms with van der Waals surface area (Å²) in [5.41, 5.74) is 0.209. The van der Waals surface area contributed by atoms with E-state index in [1.165, 1.54) is 0 Å². The zero-order valence-electron chi connectivity index (χ0n) is 7.85. The molecule has 1 heterocycles. The molecule has 0 amide bonds. The molecule has 0 unspecified atom stereocenters. The van der Waals surface area contributed by atoms with Crippen molar-refractivity contribution in [3.8, 4) is 11.3 Å². The molecule has 0 N–H and O–H groups in total. The highest BCUT2D eigenvalue weighted by Crippen LogP contribution is 2.34. The van der Waals surface area contributed by atoms with Gasteiger partial charge in [0.1, 0.15) is 11.5 Å². The van der Waals surface area contributed by atoms with Gasteiger partial charge in [-0.2, -0.15) is 0 Å². The Morgan fingerprint density at radius 3 is 2.25 bits per heavy atom. The average Bonchev–Trinajstić information content (AvgIpc) is 2.20. The quantitative estimate of drug-likeness (QED) is 0.743. The van der Waals surface area contributed by atoms with Crippen molar-refractivity contribution in [2.75, 3.05) is 0 Å². The summed E-state index contributed by atoms with van der Waals surface area (Å²) in [5.74, 6) is -1.54. The molecular formula is C11H5Cl2F2N. The lowest BCUT2D eigenvalue weighted by molar-refractivity contribution is 0.576. The molecule has 0 fully saturated rings. The van der Waals surface area contributed by atoms with E-state index in [0.29, 0.717) is 0 Å². The van der Waals surface area contributed by atoms with E-state index >= 15 is 0 Å². The van der Waals surface area contributed by atoms with Gasteiger partial charge in [0.2, 0.25) is 0 Å². The van der Waals surface area contributed by atoms with Crippen LogP contribution in [0.4, 0.5) is 8.78 Å². The van der Waals surface area contributed by atoms with Gasteiger partial charge < -0.3 is 0 Å². The summed E-state index contributed by atoms with van der Waals surface area (Å²) in [6.45, 7) is 0. The van der Waals surface area contributed by atoms with Gasteiger partial charge in [-0.3, -0.25) is 4.98 Å². The fourth-order valence-corrected chi connectivity index (χ4v) is 1.90. The lowest BCUT2D eigenvalue weighted by Gasteiger charge is -2.06. The van der Waals surface area contributed by atoms with Crippen molar-refractivity contribution in [2.24, 2.45) is 0 Å². The topological polar surface area (TPSA) is 12.9 Å². The summed E-state index contributed by atoms with van der Waals surface area (Å²) in [7, 11) is 0. The van der Waals surface area contributed by atoms with Crippen LogP contribution in [-0.2, 0) is 0 Å². The van der Waals surface area contributed by atoms with Gasteiger partial charge in [-0.05, 0) is 12.1 Å². The molecule has 1 nitrogen and oxygen atoms in total. The standard InChI is InChI=1S/C11H5Cl2F2N/c12-7-2-1-3-8(13)10(7)11-9(15)4-6(14)5-16-11/h1-5H. The molecule has 0 radical (unpaired) electrons. The van der Waals surface area contributed by atoms with Gasteiger partial charge in [0, 0.05) is 11.6 Å². The normalized spacial score (nSPS) is 10.5. The Hall–Kier alpha value is -1.19. The minimum absolute atomic E-state index is 0.0583. The SMILES string of the molecule is Fc1cnc(-c2c(Cl)cccc2Cl)c(F)c1. The van der Waals surface area contributed by atoms with Crippen molar-refractivity contribution in [1.29, 1.82) is 0 Å². The summed E-state index contributed by atoms with van der Waals surface area (Å²) >= 11 is 11.8. The lowest BCUT2D eigenvalue weighted by atomic mass is 10.1. The molecule has 5 heteroatoms. The minimum Gasteiger partial charge on any atom is -0.250 e. The highest BCUT2D eigenvalue weighted by molar-refractivity contribution is 6.39. The van der Waals surface area contributed by atoms with E-state index in [1.807, 2.05) is 0 Å². The molecule has 0 aliphatic rings. The maximum atomic E-state index is 13.5. The van der Waals surface area contributed by atoms with Crippen molar-refractivity contribution in [2.45, 2.75) is 0 Å². The largest absolute Gasteiger partial charge is 0.250 e. The third-order valence-corrected chi connectivity index (χ3v) is 2.64. The van der Waals surface area contributed by atoms with Crippen LogP contribution in [0.15, 0.2) is 30.5 Å². The van der Waals surface area contributed by atoms with Gasteiger partial charge in [-0.25, -0.2) is 8.78 Å². The number of aromatic nitrogens is 1. The minimum atomic E-state index is -0.796. The van der Waals surface area contributed by atoms with Crippen molar-refractivity contribution in [3.05, 3.63) is 52.1 Å². The van der Waals surface area contributed by atoms with Crippen LogP contribution in [0.5, 0.6) is 0 Å². The lowest BCUT2D eigenvalue weighted by Crippen LogP contribution is -1.92. The van der Waals surface area contributed by atoms with Crippen molar-refractivity contribution in [1.82, 2.24) is 4.98 Å². The third-order valence-electron chi connectivity index (χ3n) is 2.01. The summed E-state index contributed by atoms with van der Waals surface area (Å²) < 4.78 is 26.2. The Labute approximate surface area is 101 Å². The molecule has 0 aliphatic heterocycles. The molecule has 2 aromatic rings. The molecule has 0 saturated carbocycles. The molecule has 16 heavy (non-hydrogen) atoms. The first-order valence-electron chi connectivity index (χ1n) is 4.35. The molecule has 1 aromatic heterocycles. The average molecular weight is 260 g/mol. The second-order valence-electron chi connectivity index (χ2n) is 3.08. The Kier molecular flexibility index (Phi) is 3.08. The van der Waals surface area contributed by atoms with Crippen LogP contribution < -0.4 is 0 Å². The zero-order chi connectivity index (χ0) is 11.7. The fraction of sp³-hybridized carbons (Fsp3) is 0. The highest BCUT2D eigenvalue weighted by atomic mass is 35.5. The van der Waals surface area contributed by atoms with E-state index in [0.717, 1.165) is 12.3 Å². The smallest absolute Gasteiger partial charge is 0.152 e. The van der Waals surface area contributed by atoms with Crippen LogP contribution >= 0.6 is 23.2 Å². The number of rotatable bonds is 1. The number of hydrogen-bond donors (Lipinski definition) is 0. The van der Waals surface area contributed by atoms with E-state index in [4.69, 9.17) is 23.2 Å². The Morgan fingerprint density at radius 1 is 1.06 bits per heavy atom. The molecule has 82 valence electrons. The zero-order valence-corrected chi connectivity index (χ0v) is 9.36. The molecular weight excluding hydrogens is 255 g/mol. The van der Waals surface area contributed by atoms with Crippen LogP contribution in [0.1, 0.15) is 0 Å². The third kappa shape index (κ3) is 2.01.